The van der Waals surface area contributed by atoms with E-state index in [4.69, 9.17) is 11.6 Å². The molecule has 21 heavy (non-hydrogen) atoms. The van der Waals surface area contributed by atoms with Gasteiger partial charge in [-0.05, 0) is 31.1 Å². The van der Waals surface area contributed by atoms with E-state index in [0.717, 1.165) is 11.1 Å². The molecule has 1 heterocycles. The summed E-state index contributed by atoms with van der Waals surface area (Å²) in [7, 11) is 1.84. The number of aromatic nitrogens is 3. The first-order valence-corrected chi connectivity index (χ1v) is 6.94. The molecule has 1 aromatic heterocycles. The van der Waals surface area contributed by atoms with Crippen molar-refractivity contribution in [2.24, 2.45) is 7.05 Å². The van der Waals surface area contributed by atoms with Gasteiger partial charge in [-0.1, -0.05) is 29.8 Å². The number of halogens is 1. The van der Waals surface area contributed by atoms with Gasteiger partial charge in [0.2, 0.25) is 5.91 Å². The van der Waals surface area contributed by atoms with E-state index in [9.17, 15) is 4.79 Å². The molecule has 1 atom stereocenters. The SMILES string of the molecule is C/C(=C/C(=O)N[C@H](C)c1nncn1C)c1ccccc1Cl. The molecule has 0 fully saturated rings. The summed E-state index contributed by atoms with van der Waals surface area (Å²) in [6.45, 7) is 3.72. The lowest BCUT2D eigenvalue weighted by molar-refractivity contribution is -0.117. The molecule has 110 valence electrons. The molecule has 0 aliphatic rings. The van der Waals surface area contributed by atoms with Crippen molar-refractivity contribution in [3.63, 3.8) is 0 Å². The molecule has 0 saturated heterocycles. The van der Waals surface area contributed by atoms with Gasteiger partial charge in [-0.25, -0.2) is 0 Å². The third-order valence-electron chi connectivity index (χ3n) is 3.14. The summed E-state index contributed by atoms with van der Waals surface area (Å²) in [5, 5.41) is 11.3. The average molecular weight is 305 g/mol. The minimum Gasteiger partial charge on any atom is -0.343 e. The highest BCUT2D eigenvalue weighted by molar-refractivity contribution is 6.32. The van der Waals surface area contributed by atoms with E-state index in [0.29, 0.717) is 10.8 Å². The van der Waals surface area contributed by atoms with Crippen molar-refractivity contribution >= 4 is 23.1 Å². The van der Waals surface area contributed by atoms with E-state index < -0.39 is 0 Å². The maximum absolute atomic E-state index is 12.1. The van der Waals surface area contributed by atoms with Gasteiger partial charge < -0.3 is 9.88 Å². The van der Waals surface area contributed by atoms with Crippen LogP contribution in [0.1, 0.15) is 31.3 Å². The first kappa shape index (κ1) is 15.3. The molecule has 2 aromatic rings. The summed E-state index contributed by atoms with van der Waals surface area (Å²) in [4.78, 5) is 12.1. The number of allylic oxidation sites excluding steroid dienone is 1. The fourth-order valence-electron chi connectivity index (χ4n) is 2.06. The first-order chi connectivity index (χ1) is 9.99. The molecule has 0 aliphatic heterocycles. The number of nitrogens with zero attached hydrogens (tertiary/aromatic N) is 3. The van der Waals surface area contributed by atoms with Gasteiger partial charge in [0, 0.05) is 18.1 Å². The molecule has 1 amide bonds. The molecule has 5 nitrogen and oxygen atoms in total. The number of benzene rings is 1. The van der Waals surface area contributed by atoms with Crippen LogP contribution in [0.3, 0.4) is 0 Å². The lowest BCUT2D eigenvalue weighted by Crippen LogP contribution is -2.26. The number of hydrogen-bond acceptors (Lipinski definition) is 3. The Morgan fingerprint density at radius 1 is 1.43 bits per heavy atom. The van der Waals surface area contributed by atoms with Crippen molar-refractivity contribution < 1.29 is 4.79 Å². The highest BCUT2D eigenvalue weighted by atomic mass is 35.5. The smallest absolute Gasteiger partial charge is 0.244 e. The summed E-state index contributed by atoms with van der Waals surface area (Å²) >= 11 is 6.12. The second-order valence-corrected chi connectivity index (χ2v) is 5.24. The molecular formula is C15H17ClN4O. The van der Waals surface area contributed by atoms with Gasteiger partial charge in [0.15, 0.2) is 5.82 Å². The Balaban J connectivity index is 2.09. The van der Waals surface area contributed by atoms with E-state index in [1.54, 1.807) is 17.0 Å². The minimum absolute atomic E-state index is 0.192. The molecule has 0 unspecified atom stereocenters. The Kier molecular flexibility index (Phi) is 4.75. The molecule has 0 aliphatic carbocycles. The second kappa shape index (κ2) is 6.54. The van der Waals surface area contributed by atoms with Crippen LogP contribution in [0.5, 0.6) is 0 Å². The van der Waals surface area contributed by atoms with Crippen LogP contribution in [-0.4, -0.2) is 20.7 Å². The Morgan fingerprint density at radius 2 is 2.14 bits per heavy atom. The van der Waals surface area contributed by atoms with Crippen LogP contribution in [0.2, 0.25) is 5.02 Å². The molecular weight excluding hydrogens is 288 g/mol. The van der Waals surface area contributed by atoms with Gasteiger partial charge in [-0.15, -0.1) is 10.2 Å². The summed E-state index contributed by atoms with van der Waals surface area (Å²) < 4.78 is 1.77. The van der Waals surface area contributed by atoms with Crippen LogP contribution in [0.25, 0.3) is 5.57 Å². The summed E-state index contributed by atoms with van der Waals surface area (Å²) in [6.07, 6.45) is 3.14. The topological polar surface area (TPSA) is 59.8 Å². The monoisotopic (exact) mass is 304 g/mol. The second-order valence-electron chi connectivity index (χ2n) is 4.84. The molecule has 6 heteroatoms. The van der Waals surface area contributed by atoms with Gasteiger partial charge in [-0.3, -0.25) is 4.79 Å². The number of amides is 1. The van der Waals surface area contributed by atoms with Crippen molar-refractivity contribution in [3.8, 4) is 0 Å². The van der Waals surface area contributed by atoms with E-state index in [2.05, 4.69) is 15.5 Å². The van der Waals surface area contributed by atoms with Crippen LogP contribution in [0.4, 0.5) is 0 Å². The number of hydrogen-bond donors (Lipinski definition) is 1. The fourth-order valence-corrected chi connectivity index (χ4v) is 2.34. The predicted molar refractivity (Wildman–Crippen MR) is 82.7 cm³/mol. The molecule has 0 radical (unpaired) electrons. The predicted octanol–water partition coefficient (Wildman–Crippen LogP) is 2.75. The molecule has 2 rings (SSSR count). The Labute approximate surface area is 128 Å². The number of nitrogens with one attached hydrogen (secondary N) is 1. The lowest BCUT2D eigenvalue weighted by atomic mass is 10.1. The zero-order valence-corrected chi connectivity index (χ0v) is 12.9. The van der Waals surface area contributed by atoms with Crippen LogP contribution in [0, 0.1) is 0 Å². The van der Waals surface area contributed by atoms with E-state index >= 15 is 0 Å². The quantitative estimate of drug-likeness (QED) is 0.884. The third kappa shape index (κ3) is 3.70. The normalized spacial score (nSPS) is 13.0. The molecule has 0 spiro atoms. The average Bonchev–Trinajstić information content (AvgIpc) is 2.85. The third-order valence-corrected chi connectivity index (χ3v) is 3.47. The number of aryl methyl sites for hydroxylation is 1. The van der Waals surface area contributed by atoms with Crippen LogP contribution < -0.4 is 5.32 Å². The van der Waals surface area contributed by atoms with E-state index in [1.165, 1.54) is 6.08 Å². The van der Waals surface area contributed by atoms with Crippen molar-refractivity contribution in [1.82, 2.24) is 20.1 Å². The fraction of sp³-hybridized carbons (Fsp3) is 0.267. The number of carbonyl (C=O) groups is 1. The summed E-state index contributed by atoms with van der Waals surface area (Å²) in [6, 6.07) is 7.20. The van der Waals surface area contributed by atoms with Crippen molar-refractivity contribution in [2.75, 3.05) is 0 Å². The van der Waals surface area contributed by atoms with Crippen LogP contribution in [-0.2, 0) is 11.8 Å². The minimum atomic E-state index is -0.222. The Hall–Kier alpha value is -2.14. The number of carbonyl (C=O) groups excluding carboxylic acids is 1. The van der Waals surface area contributed by atoms with Gasteiger partial charge in [0.1, 0.15) is 6.33 Å². The summed E-state index contributed by atoms with van der Waals surface area (Å²) in [5.41, 5.74) is 1.66. The number of rotatable bonds is 4. The largest absolute Gasteiger partial charge is 0.343 e. The van der Waals surface area contributed by atoms with Gasteiger partial charge >= 0.3 is 0 Å². The molecule has 1 aromatic carbocycles. The zero-order chi connectivity index (χ0) is 15.4. The van der Waals surface area contributed by atoms with Gasteiger partial charge in [-0.2, -0.15) is 0 Å². The molecule has 0 bridgehead atoms. The highest BCUT2D eigenvalue weighted by Crippen LogP contribution is 2.22. The maximum atomic E-state index is 12.1. The highest BCUT2D eigenvalue weighted by Gasteiger charge is 2.13. The standard InChI is InChI=1S/C15H17ClN4O/c1-10(12-6-4-5-7-13(12)16)8-14(21)18-11(2)15-19-17-9-20(15)3/h4-9,11H,1-3H3,(H,18,21)/b10-8-/t11-/m1/s1. The lowest BCUT2D eigenvalue weighted by Gasteiger charge is -2.12. The van der Waals surface area contributed by atoms with Gasteiger partial charge in [0.05, 0.1) is 6.04 Å². The van der Waals surface area contributed by atoms with E-state index in [1.807, 2.05) is 39.1 Å². The van der Waals surface area contributed by atoms with Crippen LogP contribution >= 0.6 is 11.6 Å². The molecule has 1 N–H and O–H groups in total. The first-order valence-electron chi connectivity index (χ1n) is 6.56. The Bertz CT molecular complexity index is 678. The van der Waals surface area contributed by atoms with E-state index in [-0.39, 0.29) is 11.9 Å². The summed E-state index contributed by atoms with van der Waals surface area (Å²) in [5.74, 6) is 0.509. The zero-order valence-electron chi connectivity index (χ0n) is 12.2. The maximum Gasteiger partial charge on any atom is 0.244 e. The van der Waals surface area contributed by atoms with Crippen molar-refractivity contribution in [2.45, 2.75) is 19.9 Å². The van der Waals surface area contributed by atoms with Crippen molar-refractivity contribution in [1.29, 1.82) is 0 Å². The molecule has 0 saturated carbocycles. The van der Waals surface area contributed by atoms with Gasteiger partial charge in [0.25, 0.3) is 0 Å². The van der Waals surface area contributed by atoms with Crippen LogP contribution in [0.15, 0.2) is 36.7 Å². The van der Waals surface area contributed by atoms with Crippen molar-refractivity contribution in [3.05, 3.63) is 53.1 Å². The Morgan fingerprint density at radius 3 is 2.76 bits per heavy atom.